The van der Waals surface area contributed by atoms with Gasteiger partial charge >= 0.3 is 0 Å². The van der Waals surface area contributed by atoms with Crippen molar-refractivity contribution >= 4 is 40.7 Å². The maximum absolute atomic E-state index is 12.8. The van der Waals surface area contributed by atoms with E-state index in [-0.39, 0.29) is 36.1 Å². The van der Waals surface area contributed by atoms with Gasteiger partial charge in [-0.3, -0.25) is 14.4 Å². The van der Waals surface area contributed by atoms with Gasteiger partial charge in [0.1, 0.15) is 0 Å². The summed E-state index contributed by atoms with van der Waals surface area (Å²) in [5.41, 5.74) is 1.48. The molecule has 0 radical (unpaired) electrons. The van der Waals surface area contributed by atoms with E-state index in [1.54, 1.807) is 48.5 Å². The number of benzene rings is 2. The molecule has 2 aromatic rings. The number of para-hydroxylation sites is 2. The van der Waals surface area contributed by atoms with Gasteiger partial charge in [-0.2, -0.15) is 0 Å². The molecule has 1 saturated carbocycles. The van der Waals surface area contributed by atoms with E-state index < -0.39 is 0 Å². The molecule has 2 aromatic carbocycles. The molecular formula is C23H24ClN3O3. The molecule has 1 aliphatic carbocycles. The van der Waals surface area contributed by atoms with Crippen LogP contribution < -0.4 is 10.6 Å². The monoisotopic (exact) mass is 425 g/mol. The largest absolute Gasteiger partial charge is 0.339 e. The van der Waals surface area contributed by atoms with E-state index in [4.69, 9.17) is 11.6 Å². The van der Waals surface area contributed by atoms with E-state index in [1.165, 1.54) is 0 Å². The number of nitrogens with zero attached hydrogens (tertiary/aromatic N) is 1. The summed E-state index contributed by atoms with van der Waals surface area (Å²) in [5.74, 6) is -0.807. The molecule has 7 heteroatoms. The number of carbonyl (C=O) groups excluding carboxylic acids is 3. The molecule has 2 N–H and O–H groups in total. The van der Waals surface area contributed by atoms with Crippen LogP contribution in [0.1, 0.15) is 42.5 Å². The second-order valence-corrected chi connectivity index (χ2v) is 8.32. The van der Waals surface area contributed by atoms with Crippen LogP contribution in [-0.2, 0) is 9.59 Å². The molecule has 1 saturated heterocycles. The number of nitrogens with one attached hydrogen (secondary N) is 2. The second-order valence-electron chi connectivity index (χ2n) is 7.88. The number of amides is 3. The summed E-state index contributed by atoms with van der Waals surface area (Å²) in [6.07, 6.45) is 4.58. The lowest BCUT2D eigenvalue weighted by atomic mass is 10.1. The second kappa shape index (κ2) is 8.88. The number of carbonyl (C=O) groups is 3. The Morgan fingerprint density at radius 1 is 0.933 bits per heavy atom. The average molecular weight is 426 g/mol. The Kier molecular flexibility index (Phi) is 6.04. The Balaban J connectivity index is 1.42. The Bertz CT molecular complexity index is 954. The van der Waals surface area contributed by atoms with Crippen molar-refractivity contribution in [2.75, 3.05) is 17.2 Å². The minimum Gasteiger partial charge on any atom is -0.339 e. The minimum atomic E-state index is -0.377. The van der Waals surface area contributed by atoms with Gasteiger partial charge in [-0.15, -0.1) is 0 Å². The van der Waals surface area contributed by atoms with Crippen molar-refractivity contribution in [3.8, 4) is 0 Å². The van der Waals surface area contributed by atoms with Crippen molar-refractivity contribution in [1.82, 2.24) is 4.90 Å². The van der Waals surface area contributed by atoms with Crippen LogP contribution in [0.2, 0.25) is 5.02 Å². The molecule has 30 heavy (non-hydrogen) atoms. The molecule has 0 aromatic heterocycles. The fourth-order valence-electron chi connectivity index (χ4n) is 4.21. The molecule has 156 valence electrons. The summed E-state index contributed by atoms with van der Waals surface area (Å²) >= 11 is 5.88. The van der Waals surface area contributed by atoms with Crippen LogP contribution in [0, 0.1) is 5.92 Å². The third kappa shape index (κ3) is 4.49. The van der Waals surface area contributed by atoms with Gasteiger partial charge in [-0.25, -0.2) is 0 Å². The zero-order chi connectivity index (χ0) is 21.1. The Morgan fingerprint density at radius 3 is 2.23 bits per heavy atom. The number of anilines is 2. The van der Waals surface area contributed by atoms with Crippen LogP contribution in [0.15, 0.2) is 48.5 Å². The summed E-state index contributed by atoms with van der Waals surface area (Å²) < 4.78 is 0. The number of hydrogen-bond donors (Lipinski definition) is 2. The standard InChI is InChI=1S/C23H24ClN3O3/c24-17-11-9-15(10-12-17)22(29)25-19-7-3-4-8-20(19)26-23(30)16-13-21(28)27(14-16)18-5-1-2-6-18/h3-4,7-12,16,18H,1-2,5-6,13-14H2,(H,25,29)(H,26,30). The topological polar surface area (TPSA) is 78.5 Å². The Morgan fingerprint density at radius 2 is 1.57 bits per heavy atom. The van der Waals surface area contributed by atoms with Gasteiger partial charge in [0.05, 0.1) is 17.3 Å². The molecule has 2 fully saturated rings. The molecule has 4 rings (SSSR count). The fraction of sp³-hybridized carbons (Fsp3) is 0.348. The highest BCUT2D eigenvalue weighted by atomic mass is 35.5. The highest BCUT2D eigenvalue weighted by Crippen LogP contribution is 2.30. The number of hydrogen-bond acceptors (Lipinski definition) is 3. The van der Waals surface area contributed by atoms with E-state index >= 15 is 0 Å². The summed E-state index contributed by atoms with van der Waals surface area (Å²) in [6.45, 7) is 0.467. The number of likely N-dealkylation sites (tertiary alicyclic amines) is 1. The Labute approximate surface area is 180 Å². The van der Waals surface area contributed by atoms with E-state index in [2.05, 4.69) is 10.6 Å². The van der Waals surface area contributed by atoms with Crippen LogP contribution >= 0.6 is 11.6 Å². The van der Waals surface area contributed by atoms with Crippen molar-refractivity contribution in [2.24, 2.45) is 5.92 Å². The number of halogens is 1. The fourth-order valence-corrected chi connectivity index (χ4v) is 4.33. The SMILES string of the molecule is O=C(Nc1ccccc1NC(=O)C1CC(=O)N(C2CCCC2)C1)c1ccc(Cl)cc1. The van der Waals surface area contributed by atoms with Crippen LogP contribution in [0.5, 0.6) is 0 Å². The Hall–Kier alpha value is -2.86. The van der Waals surface area contributed by atoms with Crippen LogP contribution in [0.4, 0.5) is 11.4 Å². The molecule has 3 amide bonds. The molecule has 6 nitrogen and oxygen atoms in total. The molecule has 1 aliphatic heterocycles. The summed E-state index contributed by atoms with van der Waals surface area (Å²) in [4.78, 5) is 39.7. The maximum Gasteiger partial charge on any atom is 0.255 e. The van der Waals surface area contributed by atoms with Crippen molar-refractivity contribution in [1.29, 1.82) is 0 Å². The first-order chi connectivity index (χ1) is 14.5. The van der Waals surface area contributed by atoms with Gasteiger partial charge < -0.3 is 15.5 Å². The third-order valence-corrected chi connectivity index (χ3v) is 6.09. The lowest BCUT2D eigenvalue weighted by Crippen LogP contribution is -2.35. The first kappa shape index (κ1) is 20.4. The van der Waals surface area contributed by atoms with Gasteiger partial charge in [0.15, 0.2) is 0 Å². The van der Waals surface area contributed by atoms with Gasteiger partial charge in [-0.05, 0) is 49.2 Å². The van der Waals surface area contributed by atoms with E-state index in [1.807, 2.05) is 4.90 Å². The summed E-state index contributed by atoms with van der Waals surface area (Å²) in [7, 11) is 0. The molecule has 2 aliphatic rings. The average Bonchev–Trinajstić information content (AvgIpc) is 3.39. The zero-order valence-corrected chi connectivity index (χ0v) is 17.3. The lowest BCUT2D eigenvalue weighted by Gasteiger charge is -2.24. The van der Waals surface area contributed by atoms with Gasteiger partial charge in [0.25, 0.3) is 5.91 Å². The van der Waals surface area contributed by atoms with Crippen molar-refractivity contribution in [3.05, 3.63) is 59.1 Å². The van der Waals surface area contributed by atoms with Crippen LogP contribution in [0.25, 0.3) is 0 Å². The first-order valence-electron chi connectivity index (χ1n) is 10.3. The summed E-state index contributed by atoms with van der Waals surface area (Å²) in [5, 5.41) is 6.28. The minimum absolute atomic E-state index is 0.0615. The zero-order valence-electron chi connectivity index (χ0n) is 16.6. The van der Waals surface area contributed by atoms with E-state index in [0.717, 1.165) is 25.7 Å². The number of rotatable bonds is 5. The van der Waals surface area contributed by atoms with Gasteiger partial charge in [0, 0.05) is 29.6 Å². The first-order valence-corrected chi connectivity index (χ1v) is 10.7. The smallest absolute Gasteiger partial charge is 0.255 e. The predicted molar refractivity (Wildman–Crippen MR) is 117 cm³/mol. The molecule has 0 bridgehead atoms. The molecular weight excluding hydrogens is 402 g/mol. The molecule has 0 spiro atoms. The van der Waals surface area contributed by atoms with E-state index in [9.17, 15) is 14.4 Å². The normalized spacial score (nSPS) is 19.2. The van der Waals surface area contributed by atoms with Crippen LogP contribution in [-0.4, -0.2) is 35.2 Å². The van der Waals surface area contributed by atoms with Crippen molar-refractivity contribution < 1.29 is 14.4 Å². The van der Waals surface area contributed by atoms with Crippen molar-refractivity contribution in [2.45, 2.75) is 38.1 Å². The van der Waals surface area contributed by atoms with E-state index in [0.29, 0.717) is 28.5 Å². The highest BCUT2D eigenvalue weighted by Gasteiger charge is 2.38. The predicted octanol–water partition coefficient (Wildman–Crippen LogP) is 4.32. The molecule has 1 heterocycles. The van der Waals surface area contributed by atoms with Gasteiger partial charge in [-0.1, -0.05) is 36.6 Å². The third-order valence-electron chi connectivity index (χ3n) is 5.83. The molecule has 1 unspecified atom stereocenters. The van der Waals surface area contributed by atoms with Gasteiger partial charge in [0.2, 0.25) is 11.8 Å². The van der Waals surface area contributed by atoms with Crippen molar-refractivity contribution in [3.63, 3.8) is 0 Å². The molecule has 1 atom stereocenters. The van der Waals surface area contributed by atoms with Crippen LogP contribution in [0.3, 0.4) is 0 Å². The maximum atomic E-state index is 12.8. The highest BCUT2D eigenvalue weighted by molar-refractivity contribution is 6.30. The summed E-state index contributed by atoms with van der Waals surface area (Å²) in [6, 6.07) is 13.9. The lowest BCUT2D eigenvalue weighted by molar-refractivity contribution is -0.129. The quantitative estimate of drug-likeness (QED) is 0.748.